The number of amides is 1. The molecule has 1 aliphatic rings. The van der Waals surface area contributed by atoms with Gasteiger partial charge in [-0.1, -0.05) is 13.8 Å². The lowest BCUT2D eigenvalue weighted by molar-refractivity contribution is 0.0857. The summed E-state index contributed by atoms with van der Waals surface area (Å²) in [5, 5.41) is 2.94. The maximum Gasteiger partial charge on any atom is 0.251 e. The highest BCUT2D eigenvalue weighted by Crippen LogP contribution is 2.27. The molecule has 2 rings (SSSR count). The van der Waals surface area contributed by atoms with Crippen molar-refractivity contribution in [1.29, 1.82) is 0 Å². The van der Waals surface area contributed by atoms with Gasteiger partial charge >= 0.3 is 0 Å². The van der Waals surface area contributed by atoms with Gasteiger partial charge in [-0.25, -0.2) is 0 Å². The Kier molecular flexibility index (Phi) is 5.01. The van der Waals surface area contributed by atoms with Gasteiger partial charge in [-0.3, -0.25) is 4.79 Å². The van der Waals surface area contributed by atoms with Gasteiger partial charge in [0.1, 0.15) is 5.75 Å². The summed E-state index contributed by atoms with van der Waals surface area (Å²) in [6.07, 6.45) is 2.28. The van der Waals surface area contributed by atoms with Crippen LogP contribution in [0.3, 0.4) is 0 Å². The van der Waals surface area contributed by atoms with E-state index in [2.05, 4.69) is 19.2 Å². The molecule has 1 N–H and O–H groups in total. The molecule has 1 aliphatic heterocycles. The average molecular weight is 277 g/mol. The SMILES string of the molecule is COc1ccc(C(=O)NCC2CCCO2)cc1C(C)C. The molecule has 0 aromatic heterocycles. The molecule has 20 heavy (non-hydrogen) atoms. The maximum atomic E-state index is 12.2. The highest BCUT2D eigenvalue weighted by atomic mass is 16.5. The summed E-state index contributed by atoms with van der Waals surface area (Å²) in [6, 6.07) is 5.57. The van der Waals surface area contributed by atoms with Crippen molar-refractivity contribution >= 4 is 5.91 Å². The topological polar surface area (TPSA) is 47.6 Å². The summed E-state index contributed by atoms with van der Waals surface area (Å²) < 4.78 is 10.8. The lowest BCUT2D eigenvalue weighted by Gasteiger charge is -2.14. The van der Waals surface area contributed by atoms with Crippen molar-refractivity contribution in [3.8, 4) is 5.75 Å². The van der Waals surface area contributed by atoms with E-state index in [-0.39, 0.29) is 12.0 Å². The summed E-state index contributed by atoms with van der Waals surface area (Å²) in [5.41, 5.74) is 1.73. The molecule has 1 heterocycles. The lowest BCUT2D eigenvalue weighted by Crippen LogP contribution is -2.31. The van der Waals surface area contributed by atoms with Crippen molar-refractivity contribution in [2.24, 2.45) is 0 Å². The minimum Gasteiger partial charge on any atom is -0.496 e. The van der Waals surface area contributed by atoms with Crippen LogP contribution < -0.4 is 10.1 Å². The third kappa shape index (κ3) is 3.51. The van der Waals surface area contributed by atoms with Gasteiger partial charge in [0.15, 0.2) is 0 Å². The standard InChI is InChI=1S/C16H23NO3/c1-11(2)14-9-12(6-7-15(14)19-3)16(18)17-10-13-5-4-8-20-13/h6-7,9,11,13H,4-5,8,10H2,1-3H3,(H,17,18). The zero-order chi connectivity index (χ0) is 14.5. The van der Waals surface area contributed by atoms with Gasteiger partial charge in [0, 0.05) is 18.7 Å². The Labute approximate surface area is 120 Å². The summed E-state index contributed by atoms with van der Waals surface area (Å²) in [5.74, 6) is 1.09. The number of carbonyl (C=O) groups is 1. The third-order valence-corrected chi connectivity index (χ3v) is 3.63. The summed E-state index contributed by atoms with van der Waals surface area (Å²) in [4.78, 5) is 12.2. The van der Waals surface area contributed by atoms with Crippen LogP contribution in [0.1, 0.15) is 48.5 Å². The highest BCUT2D eigenvalue weighted by Gasteiger charge is 2.17. The second-order valence-electron chi connectivity index (χ2n) is 5.46. The molecule has 1 unspecified atom stereocenters. The molecular weight excluding hydrogens is 254 g/mol. The maximum absolute atomic E-state index is 12.2. The normalized spacial score (nSPS) is 18.3. The van der Waals surface area contributed by atoms with E-state index in [4.69, 9.17) is 9.47 Å². The second kappa shape index (κ2) is 6.75. The number of nitrogens with one attached hydrogen (secondary N) is 1. The van der Waals surface area contributed by atoms with E-state index in [9.17, 15) is 4.79 Å². The van der Waals surface area contributed by atoms with E-state index >= 15 is 0 Å². The van der Waals surface area contributed by atoms with E-state index in [1.165, 1.54) is 0 Å². The smallest absolute Gasteiger partial charge is 0.251 e. The minimum atomic E-state index is -0.0509. The van der Waals surface area contributed by atoms with Crippen LogP contribution in [0, 0.1) is 0 Å². The van der Waals surface area contributed by atoms with E-state index in [1.807, 2.05) is 12.1 Å². The van der Waals surface area contributed by atoms with Crippen LogP contribution in [0.2, 0.25) is 0 Å². The lowest BCUT2D eigenvalue weighted by atomic mass is 9.99. The Balaban J connectivity index is 2.03. The van der Waals surface area contributed by atoms with Crippen LogP contribution >= 0.6 is 0 Å². The fourth-order valence-electron chi connectivity index (χ4n) is 2.44. The fourth-order valence-corrected chi connectivity index (χ4v) is 2.44. The fraction of sp³-hybridized carbons (Fsp3) is 0.562. The second-order valence-corrected chi connectivity index (χ2v) is 5.46. The minimum absolute atomic E-state index is 0.0509. The summed E-state index contributed by atoms with van der Waals surface area (Å²) in [7, 11) is 1.65. The molecule has 0 spiro atoms. The number of ether oxygens (including phenoxy) is 2. The molecule has 1 amide bonds. The molecule has 1 fully saturated rings. The molecule has 0 bridgehead atoms. The molecule has 0 saturated carbocycles. The highest BCUT2D eigenvalue weighted by molar-refractivity contribution is 5.94. The molecule has 0 radical (unpaired) electrons. The zero-order valence-corrected chi connectivity index (χ0v) is 12.4. The first kappa shape index (κ1) is 14.9. The molecular formula is C16H23NO3. The molecule has 0 aliphatic carbocycles. The van der Waals surface area contributed by atoms with Crippen LogP contribution in [0.4, 0.5) is 0 Å². The number of hydrogen-bond donors (Lipinski definition) is 1. The number of carbonyl (C=O) groups excluding carboxylic acids is 1. The van der Waals surface area contributed by atoms with Crippen molar-refractivity contribution in [3.63, 3.8) is 0 Å². The van der Waals surface area contributed by atoms with Gasteiger partial charge < -0.3 is 14.8 Å². The third-order valence-electron chi connectivity index (χ3n) is 3.63. The Hall–Kier alpha value is -1.55. The molecule has 1 saturated heterocycles. The Morgan fingerprint density at radius 2 is 2.30 bits per heavy atom. The largest absolute Gasteiger partial charge is 0.496 e. The van der Waals surface area contributed by atoms with Crippen LogP contribution in [-0.2, 0) is 4.74 Å². The quantitative estimate of drug-likeness (QED) is 0.900. The molecule has 4 heteroatoms. The van der Waals surface area contributed by atoms with Gasteiger partial charge in [0.05, 0.1) is 13.2 Å². The van der Waals surface area contributed by atoms with Crippen LogP contribution in [0.25, 0.3) is 0 Å². The first-order chi connectivity index (χ1) is 9.61. The number of rotatable bonds is 5. The first-order valence-electron chi connectivity index (χ1n) is 7.19. The van der Waals surface area contributed by atoms with Crippen LogP contribution in [-0.4, -0.2) is 32.3 Å². The molecule has 1 aromatic rings. The van der Waals surface area contributed by atoms with E-state index in [1.54, 1.807) is 13.2 Å². The number of benzene rings is 1. The van der Waals surface area contributed by atoms with Gasteiger partial charge in [-0.15, -0.1) is 0 Å². The van der Waals surface area contributed by atoms with Crippen molar-refractivity contribution in [3.05, 3.63) is 29.3 Å². The van der Waals surface area contributed by atoms with E-state index in [0.717, 1.165) is 30.8 Å². The Morgan fingerprint density at radius 1 is 1.50 bits per heavy atom. The molecule has 4 nitrogen and oxygen atoms in total. The molecule has 110 valence electrons. The van der Waals surface area contributed by atoms with Crippen molar-refractivity contribution < 1.29 is 14.3 Å². The average Bonchev–Trinajstić information content (AvgIpc) is 2.97. The summed E-state index contributed by atoms with van der Waals surface area (Å²) >= 11 is 0. The monoisotopic (exact) mass is 277 g/mol. The van der Waals surface area contributed by atoms with Crippen molar-refractivity contribution in [2.75, 3.05) is 20.3 Å². The van der Waals surface area contributed by atoms with Gasteiger partial charge in [0.2, 0.25) is 0 Å². The van der Waals surface area contributed by atoms with Crippen molar-refractivity contribution in [2.45, 2.75) is 38.7 Å². The predicted molar refractivity (Wildman–Crippen MR) is 78.4 cm³/mol. The van der Waals surface area contributed by atoms with Gasteiger partial charge in [-0.2, -0.15) is 0 Å². The van der Waals surface area contributed by atoms with Crippen LogP contribution in [0.15, 0.2) is 18.2 Å². The summed E-state index contributed by atoms with van der Waals surface area (Å²) in [6.45, 7) is 5.57. The number of methoxy groups -OCH3 is 1. The van der Waals surface area contributed by atoms with Gasteiger partial charge in [0.25, 0.3) is 5.91 Å². The van der Waals surface area contributed by atoms with Crippen molar-refractivity contribution in [1.82, 2.24) is 5.32 Å². The Bertz CT molecular complexity index is 465. The number of hydrogen-bond acceptors (Lipinski definition) is 3. The van der Waals surface area contributed by atoms with E-state index < -0.39 is 0 Å². The van der Waals surface area contributed by atoms with Gasteiger partial charge in [-0.05, 0) is 42.5 Å². The Morgan fingerprint density at radius 3 is 2.90 bits per heavy atom. The van der Waals surface area contributed by atoms with E-state index in [0.29, 0.717) is 18.0 Å². The van der Waals surface area contributed by atoms with Crippen LogP contribution in [0.5, 0.6) is 5.75 Å². The first-order valence-corrected chi connectivity index (χ1v) is 7.19. The predicted octanol–water partition coefficient (Wildman–Crippen LogP) is 2.73. The zero-order valence-electron chi connectivity index (χ0n) is 12.4. The molecule has 1 aromatic carbocycles. The molecule has 1 atom stereocenters.